The first-order valence-electron chi connectivity index (χ1n) is 8.93. The second kappa shape index (κ2) is 5.79. The summed E-state index contributed by atoms with van der Waals surface area (Å²) in [5, 5.41) is 14.6. The van der Waals surface area contributed by atoms with Gasteiger partial charge >= 0.3 is 0 Å². The number of hydrogen-bond acceptors (Lipinski definition) is 3. The van der Waals surface area contributed by atoms with Crippen LogP contribution in [0.2, 0.25) is 0 Å². The van der Waals surface area contributed by atoms with E-state index in [9.17, 15) is 10.0 Å². The average Bonchev–Trinajstić information content (AvgIpc) is 2.86. The van der Waals surface area contributed by atoms with Crippen LogP contribution >= 0.6 is 0 Å². The maximum absolute atomic E-state index is 12.8. The Bertz CT molecular complexity index is 1020. The van der Waals surface area contributed by atoms with Crippen LogP contribution in [0.15, 0.2) is 63.8 Å². The molecule has 1 radical (unpaired) electrons. The van der Waals surface area contributed by atoms with Crippen LogP contribution in [0, 0.1) is 0 Å². The van der Waals surface area contributed by atoms with Gasteiger partial charge in [-0.3, -0.25) is 4.79 Å². The van der Waals surface area contributed by atoms with Crippen molar-refractivity contribution in [3.8, 4) is 11.3 Å². The third-order valence-corrected chi connectivity index (χ3v) is 5.65. The molecule has 4 nitrogen and oxygen atoms in total. The smallest absolute Gasteiger partial charge is 0.193 e. The van der Waals surface area contributed by atoms with Crippen molar-refractivity contribution < 1.29 is 9.62 Å². The molecule has 0 amide bonds. The minimum atomic E-state index is -0.522. The number of fused-ring (bicyclic) bond motifs is 1. The van der Waals surface area contributed by atoms with Crippen molar-refractivity contribution in [2.24, 2.45) is 0 Å². The molecular weight excluding hydrogens is 326 g/mol. The molecule has 4 heteroatoms. The first kappa shape index (κ1) is 17.0. The molecule has 0 N–H and O–H groups in total. The molecule has 1 aromatic heterocycles. The summed E-state index contributed by atoms with van der Waals surface area (Å²) in [5.74, 6) is 0.538. The lowest BCUT2D eigenvalue weighted by Crippen LogP contribution is -2.44. The standard InChI is InChI=1S/C22H22NO3/c1-21(2)12-13-22(3,23(21)25)16-10-8-15(9-11-16)20-14-18(24)17-6-4-5-7-19(17)26-20/h4-11,14H,12-13H2,1-3H3. The zero-order valence-corrected chi connectivity index (χ0v) is 15.3. The van der Waals surface area contributed by atoms with Crippen molar-refractivity contribution >= 4 is 11.0 Å². The summed E-state index contributed by atoms with van der Waals surface area (Å²) < 4.78 is 5.90. The summed E-state index contributed by atoms with van der Waals surface area (Å²) in [5.41, 5.74) is 1.47. The monoisotopic (exact) mass is 348 g/mol. The molecule has 0 aliphatic carbocycles. The predicted molar refractivity (Wildman–Crippen MR) is 101 cm³/mol. The molecule has 2 aromatic carbocycles. The number of hydroxylamine groups is 2. The van der Waals surface area contributed by atoms with E-state index < -0.39 is 5.54 Å². The molecule has 1 fully saturated rings. The Kier molecular flexibility index (Phi) is 3.79. The Hall–Kier alpha value is -2.43. The van der Waals surface area contributed by atoms with Gasteiger partial charge in [0.05, 0.1) is 10.9 Å². The first-order chi connectivity index (χ1) is 12.3. The van der Waals surface area contributed by atoms with Crippen LogP contribution in [0.3, 0.4) is 0 Å². The fourth-order valence-electron chi connectivity index (χ4n) is 3.92. The summed E-state index contributed by atoms with van der Waals surface area (Å²) >= 11 is 0. The van der Waals surface area contributed by atoms with E-state index in [0.29, 0.717) is 16.7 Å². The summed E-state index contributed by atoms with van der Waals surface area (Å²) in [7, 11) is 0. The zero-order chi connectivity index (χ0) is 18.5. The third-order valence-electron chi connectivity index (χ3n) is 5.65. The van der Waals surface area contributed by atoms with Crippen LogP contribution in [0.4, 0.5) is 0 Å². The molecule has 1 aliphatic rings. The molecule has 1 atom stereocenters. The summed E-state index contributed by atoms with van der Waals surface area (Å²) in [6.07, 6.45) is 1.70. The first-order valence-corrected chi connectivity index (χ1v) is 8.93. The Balaban J connectivity index is 1.72. The number of hydrogen-bond donors (Lipinski definition) is 0. The van der Waals surface area contributed by atoms with E-state index in [4.69, 9.17) is 4.42 Å². The Morgan fingerprint density at radius 2 is 1.65 bits per heavy atom. The van der Waals surface area contributed by atoms with E-state index in [0.717, 1.165) is 24.0 Å². The average molecular weight is 348 g/mol. The van der Waals surface area contributed by atoms with Gasteiger partial charge in [-0.25, -0.2) is 0 Å². The Labute approximate surface area is 152 Å². The Morgan fingerprint density at radius 3 is 2.31 bits per heavy atom. The predicted octanol–water partition coefficient (Wildman–Crippen LogP) is 4.90. The second-order valence-corrected chi connectivity index (χ2v) is 7.93. The molecule has 2 heterocycles. The van der Waals surface area contributed by atoms with Crippen molar-refractivity contribution in [2.45, 2.75) is 44.7 Å². The van der Waals surface area contributed by atoms with Crippen LogP contribution in [0.1, 0.15) is 39.2 Å². The highest BCUT2D eigenvalue weighted by Gasteiger charge is 2.49. The molecule has 0 bridgehead atoms. The van der Waals surface area contributed by atoms with E-state index in [1.54, 1.807) is 12.1 Å². The summed E-state index contributed by atoms with van der Waals surface area (Å²) in [6, 6.07) is 16.5. The van der Waals surface area contributed by atoms with E-state index >= 15 is 0 Å². The lowest BCUT2D eigenvalue weighted by Gasteiger charge is -2.35. The molecule has 0 saturated carbocycles. The summed E-state index contributed by atoms with van der Waals surface area (Å²) in [6.45, 7) is 5.98. The van der Waals surface area contributed by atoms with Gasteiger partial charge in [-0.05, 0) is 51.3 Å². The molecule has 4 rings (SSSR count). The van der Waals surface area contributed by atoms with Gasteiger partial charge in [0, 0.05) is 17.2 Å². The lowest BCUT2D eigenvalue weighted by atomic mass is 9.89. The van der Waals surface area contributed by atoms with Gasteiger partial charge in [-0.15, -0.1) is 10.3 Å². The van der Waals surface area contributed by atoms with Crippen molar-refractivity contribution in [1.29, 1.82) is 0 Å². The molecule has 1 saturated heterocycles. The van der Waals surface area contributed by atoms with Crippen molar-refractivity contribution in [2.75, 3.05) is 0 Å². The van der Waals surface area contributed by atoms with Crippen LogP contribution < -0.4 is 5.43 Å². The highest BCUT2D eigenvalue weighted by molar-refractivity contribution is 5.78. The minimum absolute atomic E-state index is 0.0545. The quantitative estimate of drug-likeness (QED) is 0.662. The number of nitrogens with zero attached hydrogens (tertiary/aromatic N) is 1. The van der Waals surface area contributed by atoms with Gasteiger partial charge in [0.1, 0.15) is 11.3 Å². The topological polar surface area (TPSA) is 53.4 Å². The fraction of sp³-hybridized carbons (Fsp3) is 0.318. The second-order valence-electron chi connectivity index (χ2n) is 7.93. The van der Waals surface area contributed by atoms with Gasteiger partial charge in [0.2, 0.25) is 0 Å². The molecule has 0 spiro atoms. The SMILES string of the molecule is CC1(C)CCC(C)(c2ccc(-c3cc(=O)c4ccccc4o3)cc2)N1[O]. The fourth-order valence-corrected chi connectivity index (χ4v) is 3.92. The van der Waals surface area contributed by atoms with Crippen LogP contribution in [-0.4, -0.2) is 10.6 Å². The minimum Gasteiger partial charge on any atom is -0.456 e. The van der Waals surface area contributed by atoms with Gasteiger partial charge < -0.3 is 4.42 Å². The van der Waals surface area contributed by atoms with Gasteiger partial charge in [0.25, 0.3) is 0 Å². The summed E-state index contributed by atoms with van der Waals surface area (Å²) in [4.78, 5) is 12.3. The number of rotatable bonds is 2. The normalized spacial score (nSPS) is 22.8. The largest absolute Gasteiger partial charge is 0.456 e. The maximum Gasteiger partial charge on any atom is 0.193 e. The molecule has 26 heavy (non-hydrogen) atoms. The van der Waals surface area contributed by atoms with Gasteiger partial charge in [0.15, 0.2) is 5.43 Å². The van der Waals surface area contributed by atoms with Gasteiger partial charge in [-0.2, -0.15) is 0 Å². The highest BCUT2D eigenvalue weighted by atomic mass is 16.5. The van der Waals surface area contributed by atoms with Crippen LogP contribution in [0.25, 0.3) is 22.3 Å². The van der Waals surface area contributed by atoms with E-state index in [1.807, 2.05) is 57.2 Å². The van der Waals surface area contributed by atoms with Gasteiger partial charge in [-0.1, -0.05) is 36.4 Å². The number of benzene rings is 2. The van der Waals surface area contributed by atoms with E-state index in [2.05, 4.69) is 0 Å². The third kappa shape index (κ3) is 2.57. The number of para-hydroxylation sites is 1. The molecule has 133 valence electrons. The molecular formula is C22H22NO3. The lowest BCUT2D eigenvalue weighted by molar-refractivity contribution is -0.252. The highest BCUT2D eigenvalue weighted by Crippen LogP contribution is 2.46. The van der Waals surface area contributed by atoms with Crippen LogP contribution in [-0.2, 0) is 10.7 Å². The zero-order valence-electron chi connectivity index (χ0n) is 15.3. The molecule has 1 aliphatic heterocycles. The Morgan fingerprint density at radius 1 is 0.962 bits per heavy atom. The molecule has 3 aromatic rings. The maximum atomic E-state index is 12.8. The van der Waals surface area contributed by atoms with E-state index in [1.165, 1.54) is 11.1 Å². The van der Waals surface area contributed by atoms with E-state index in [-0.39, 0.29) is 11.0 Å². The van der Waals surface area contributed by atoms with Crippen molar-refractivity contribution in [1.82, 2.24) is 5.06 Å². The van der Waals surface area contributed by atoms with Crippen molar-refractivity contribution in [3.05, 3.63) is 70.4 Å². The molecule has 1 unspecified atom stereocenters. The van der Waals surface area contributed by atoms with Crippen molar-refractivity contribution in [3.63, 3.8) is 0 Å². The van der Waals surface area contributed by atoms with Crippen LogP contribution in [0.5, 0.6) is 0 Å².